The minimum Gasteiger partial charge on any atom is -0.308 e. The number of amides is 1. The molecule has 0 saturated carbocycles. The number of rotatable bonds is 3. The molecule has 1 amide bonds. The maximum absolute atomic E-state index is 13.7. The summed E-state index contributed by atoms with van der Waals surface area (Å²) in [7, 11) is -2.17. The van der Waals surface area contributed by atoms with Crippen LogP contribution in [0.3, 0.4) is 0 Å². The van der Waals surface area contributed by atoms with E-state index in [0.29, 0.717) is 24.2 Å². The average molecular weight is 348 g/mol. The summed E-state index contributed by atoms with van der Waals surface area (Å²) in [6.07, 6.45) is 0.558. The Bertz CT molecular complexity index is 925. The number of carbonyl (C=O) groups excluding carboxylic acids is 1. The number of anilines is 1. The number of hydrogen-bond donors (Lipinski definition) is 1. The van der Waals surface area contributed by atoms with Crippen LogP contribution in [-0.2, 0) is 16.4 Å². The zero-order valence-electron chi connectivity index (χ0n) is 13.3. The Labute approximate surface area is 140 Å². The van der Waals surface area contributed by atoms with Crippen LogP contribution < -0.4 is 9.62 Å². The largest absolute Gasteiger partial charge is 0.308 e. The van der Waals surface area contributed by atoms with Gasteiger partial charge in [-0.2, -0.15) is 0 Å². The van der Waals surface area contributed by atoms with Crippen molar-refractivity contribution in [3.63, 3.8) is 0 Å². The molecule has 1 aliphatic heterocycles. The van der Waals surface area contributed by atoms with E-state index in [1.165, 1.54) is 19.2 Å². The summed E-state index contributed by atoms with van der Waals surface area (Å²) >= 11 is 0. The van der Waals surface area contributed by atoms with Gasteiger partial charge in [0.25, 0.3) is 5.91 Å². The third-order valence-electron chi connectivity index (χ3n) is 4.19. The lowest BCUT2D eigenvalue weighted by Crippen LogP contribution is -2.29. The predicted octanol–water partition coefficient (Wildman–Crippen LogP) is 2.25. The van der Waals surface area contributed by atoms with Gasteiger partial charge in [-0.25, -0.2) is 17.5 Å². The second kappa shape index (κ2) is 5.99. The maximum atomic E-state index is 13.7. The van der Waals surface area contributed by atoms with Gasteiger partial charge in [-0.3, -0.25) is 4.79 Å². The summed E-state index contributed by atoms with van der Waals surface area (Å²) in [4.78, 5) is 14.4. The van der Waals surface area contributed by atoms with Crippen molar-refractivity contribution in [3.05, 3.63) is 58.9 Å². The van der Waals surface area contributed by atoms with Crippen molar-refractivity contribution in [2.45, 2.75) is 18.2 Å². The Kier molecular flexibility index (Phi) is 4.15. The lowest BCUT2D eigenvalue weighted by molar-refractivity contribution is 0.0989. The van der Waals surface area contributed by atoms with E-state index in [9.17, 15) is 17.6 Å². The van der Waals surface area contributed by atoms with Crippen molar-refractivity contribution >= 4 is 21.6 Å². The molecule has 126 valence electrons. The van der Waals surface area contributed by atoms with Gasteiger partial charge in [0.1, 0.15) is 5.82 Å². The molecular weight excluding hydrogens is 331 g/mol. The fraction of sp³-hybridized carbons (Fsp3) is 0.235. The Morgan fingerprint density at radius 2 is 1.96 bits per heavy atom. The van der Waals surface area contributed by atoms with Crippen LogP contribution in [0.4, 0.5) is 10.1 Å². The zero-order chi connectivity index (χ0) is 17.5. The molecular formula is C17H17FN2O3S. The summed E-state index contributed by atoms with van der Waals surface area (Å²) < 4.78 is 39.7. The Balaban J connectivity index is 1.94. The molecule has 0 bridgehead atoms. The third kappa shape index (κ3) is 2.81. The molecule has 7 heteroatoms. The van der Waals surface area contributed by atoms with Crippen LogP contribution in [0.1, 0.15) is 21.5 Å². The smallest absolute Gasteiger partial charge is 0.258 e. The maximum Gasteiger partial charge on any atom is 0.258 e. The monoisotopic (exact) mass is 348 g/mol. The minimum atomic E-state index is -3.52. The first-order chi connectivity index (χ1) is 11.3. The molecule has 24 heavy (non-hydrogen) atoms. The summed E-state index contributed by atoms with van der Waals surface area (Å²) in [5, 5.41) is 0. The zero-order valence-corrected chi connectivity index (χ0v) is 14.2. The molecule has 3 rings (SSSR count). The molecule has 0 radical (unpaired) electrons. The van der Waals surface area contributed by atoms with E-state index in [4.69, 9.17) is 0 Å². The van der Waals surface area contributed by atoms with Gasteiger partial charge in [0.15, 0.2) is 0 Å². The summed E-state index contributed by atoms with van der Waals surface area (Å²) in [5.74, 6) is -0.715. The van der Waals surface area contributed by atoms with Gasteiger partial charge in [0.2, 0.25) is 10.0 Å². The molecule has 1 aliphatic rings. The third-order valence-corrected chi connectivity index (χ3v) is 5.60. The lowest BCUT2D eigenvalue weighted by Gasteiger charge is -2.18. The highest BCUT2D eigenvalue weighted by molar-refractivity contribution is 7.89. The summed E-state index contributed by atoms with van der Waals surface area (Å²) in [6, 6.07) is 9.06. The molecule has 1 N–H and O–H groups in total. The van der Waals surface area contributed by atoms with Crippen LogP contribution in [0.2, 0.25) is 0 Å². The van der Waals surface area contributed by atoms with Gasteiger partial charge in [-0.15, -0.1) is 0 Å². The summed E-state index contributed by atoms with van der Waals surface area (Å²) in [6.45, 7) is 2.07. The highest BCUT2D eigenvalue weighted by Gasteiger charge is 2.27. The molecule has 0 saturated heterocycles. The second-order valence-corrected chi connectivity index (χ2v) is 7.56. The van der Waals surface area contributed by atoms with Gasteiger partial charge in [-0.1, -0.05) is 6.07 Å². The van der Waals surface area contributed by atoms with E-state index < -0.39 is 15.8 Å². The minimum absolute atomic E-state index is 0.166. The molecule has 0 aliphatic carbocycles. The van der Waals surface area contributed by atoms with Crippen molar-refractivity contribution in [1.82, 2.24) is 4.72 Å². The fourth-order valence-corrected chi connectivity index (χ4v) is 3.54. The van der Waals surface area contributed by atoms with Gasteiger partial charge in [-0.05, 0) is 61.9 Å². The average Bonchev–Trinajstić information content (AvgIpc) is 2.99. The number of nitrogens with zero attached hydrogens (tertiary/aromatic N) is 1. The standard InChI is InChI=1S/C17H17FN2O3S/c1-11-3-4-13(10-15(11)18)17(21)20-8-7-12-9-14(5-6-16(12)20)24(22,23)19-2/h3-6,9-10,19H,7-8H2,1-2H3. The van der Waals surface area contributed by atoms with Crippen molar-refractivity contribution in [2.24, 2.45) is 0 Å². The van der Waals surface area contributed by atoms with E-state index in [1.807, 2.05) is 0 Å². The van der Waals surface area contributed by atoms with Crippen LogP contribution in [0.15, 0.2) is 41.3 Å². The normalized spacial score (nSPS) is 13.9. The van der Waals surface area contributed by atoms with Gasteiger partial charge in [0.05, 0.1) is 4.90 Å². The highest BCUT2D eigenvalue weighted by atomic mass is 32.2. The van der Waals surface area contributed by atoms with Crippen molar-refractivity contribution in [1.29, 1.82) is 0 Å². The van der Waals surface area contributed by atoms with E-state index >= 15 is 0 Å². The Hall–Kier alpha value is -2.25. The number of hydrogen-bond acceptors (Lipinski definition) is 3. The number of benzene rings is 2. The van der Waals surface area contributed by atoms with E-state index in [0.717, 1.165) is 5.56 Å². The van der Waals surface area contributed by atoms with Crippen LogP contribution in [0.5, 0.6) is 0 Å². The quantitative estimate of drug-likeness (QED) is 0.925. The molecule has 0 aromatic heterocycles. The van der Waals surface area contributed by atoms with E-state index in [2.05, 4.69) is 4.72 Å². The number of sulfonamides is 1. The fourth-order valence-electron chi connectivity index (χ4n) is 2.76. The predicted molar refractivity (Wildman–Crippen MR) is 89.2 cm³/mol. The van der Waals surface area contributed by atoms with Crippen LogP contribution >= 0.6 is 0 Å². The molecule has 0 spiro atoms. The number of fused-ring (bicyclic) bond motifs is 1. The Morgan fingerprint density at radius 3 is 2.62 bits per heavy atom. The molecule has 0 atom stereocenters. The highest BCUT2D eigenvalue weighted by Crippen LogP contribution is 2.31. The molecule has 1 heterocycles. The first-order valence-electron chi connectivity index (χ1n) is 7.48. The van der Waals surface area contributed by atoms with Crippen LogP contribution in [0.25, 0.3) is 0 Å². The van der Waals surface area contributed by atoms with Gasteiger partial charge in [0, 0.05) is 17.8 Å². The topological polar surface area (TPSA) is 66.5 Å². The van der Waals surface area contributed by atoms with Crippen molar-refractivity contribution in [2.75, 3.05) is 18.5 Å². The van der Waals surface area contributed by atoms with E-state index in [1.54, 1.807) is 36.1 Å². The number of aryl methyl sites for hydroxylation is 1. The SMILES string of the molecule is CNS(=O)(=O)c1ccc2c(c1)CCN2C(=O)c1ccc(C)c(F)c1. The molecule has 5 nitrogen and oxygen atoms in total. The van der Waals surface area contributed by atoms with Gasteiger partial charge >= 0.3 is 0 Å². The molecule has 0 unspecified atom stereocenters. The molecule has 2 aromatic rings. The van der Waals surface area contributed by atoms with Crippen LogP contribution in [0, 0.1) is 12.7 Å². The van der Waals surface area contributed by atoms with Gasteiger partial charge < -0.3 is 4.90 Å². The first kappa shape index (κ1) is 16.6. The van der Waals surface area contributed by atoms with Crippen molar-refractivity contribution < 1.29 is 17.6 Å². The number of nitrogens with one attached hydrogen (secondary N) is 1. The second-order valence-electron chi connectivity index (χ2n) is 5.67. The first-order valence-corrected chi connectivity index (χ1v) is 8.96. The lowest BCUT2D eigenvalue weighted by atomic mass is 10.1. The Morgan fingerprint density at radius 1 is 1.21 bits per heavy atom. The molecule has 0 fully saturated rings. The molecule has 2 aromatic carbocycles. The summed E-state index contributed by atoms with van der Waals surface area (Å²) in [5.41, 5.74) is 2.21. The van der Waals surface area contributed by atoms with Crippen molar-refractivity contribution in [3.8, 4) is 0 Å². The number of carbonyl (C=O) groups is 1. The number of halogens is 1. The van der Waals surface area contributed by atoms with E-state index in [-0.39, 0.29) is 16.4 Å². The van der Waals surface area contributed by atoms with Crippen LogP contribution in [-0.4, -0.2) is 27.9 Å².